The molecular weight excluding hydrogens is 763 g/mol. The standard InChI is InChI=1S/C41H51N9O7S/c1-30-12-17-36(58(55,56)47-35-15-13-34(14-16-35)45-46-41(54)40(53)43-18-9-23-48-24-26-57-27-25-48)31(2)37(30)44-39(52)33-11-8-22-50(29-33)20-6-4-3-5-19-49-21-7-10-32(28-49)38(42)51/h7-8,10-17,21-22,28-29H,3-6,9,18-20,23-27H2,1-2H3,(H5-2,42,43,44,45,46,47,51,52,53,54)/p+2. The molecule has 0 saturated carbocycles. The van der Waals surface area contributed by atoms with Crippen LogP contribution in [0.25, 0.3) is 0 Å². The molecular formula is C41H53N9O7S+2. The summed E-state index contributed by atoms with van der Waals surface area (Å²) < 4.78 is 39.0. The number of pyridine rings is 2. The third-order valence-corrected chi connectivity index (χ3v) is 11.2. The molecule has 1 aliphatic rings. The number of morpholine rings is 1. The third-order valence-electron chi connectivity index (χ3n) is 9.70. The Morgan fingerprint density at radius 1 is 0.776 bits per heavy atom. The number of rotatable bonds is 19. The molecule has 2 aromatic carbocycles. The highest BCUT2D eigenvalue weighted by Crippen LogP contribution is 2.29. The molecule has 7 N–H and O–H groups in total. The summed E-state index contributed by atoms with van der Waals surface area (Å²) in [5, 5.41) is 5.52. The number of benzene rings is 2. The lowest BCUT2D eigenvalue weighted by atomic mass is 10.1. The van der Waals surface area contributed by atoms with Crippen molar-refractivity contribution in [1.82, 2.24) is 15.6 Å². The Balaban J connectivity index is 1.08. The van der Waals surface area contributed by atoms with Gasteiger partial charge in [0, 0.05) is 56.0 Å². The van der Waals surface area contributed by atoms with E-state index < -0.39 is 27.7 Å². The van der Waals surface area contributed by atoms with Crippen molar-refractivity contribution in [3.05, 3.63) is 108 Å². The van der Waals surface area contributed by atoms with E-state index in [4.69, 9.17) is 10.5 Å². The zero-order valence-electron chi connectivity index (χ0n) is 33.0. The number of nitrogens with one attached hydrogen (secondary N) is 5. The van der Waals surface area contributed by atoms with Crippen LogP contribution in [-0.4, -0.2) is 76.3 Å². The predicted octanol–water partition coefficient (Wildman–Crippen LogP) is 2.57. The van der Waals surface area contributed by atoms with Crippen LogP contribution < -0.4 is 41.1 Å². The van der Waals surface area contributed by atoms with Crippen molar-refractivity contribution in [3.8, 4) is 0 Å². The molecule has 4 amide bonds. The Bertz CT molecular complexity index is 2180. The Labute approximate surface area is 339 Å². The van der Waals surface area contributed by atoms with Crippen LogP contribution in [0.3, 0.4) is 0 Å². The van der Waals surface area contributed by atoms with E-state index in [1.54, 1.807) is 56.6 Å². The van der Waals surface area contributed by atoms with Crippen LogP contribution in [0.5, 0.6) is 0 Å². The number of hydrogen-bond acceptors (Lipinski definition) is 9. The summed E-state index contributed by atoms with van der Waals surface area (Å²) in [6.45, 7) is 9.22. The highest BCUT2D eigenvalue weighted by Gasteiger charge is 2.22. The lowest BCUT2D eigenvalue weighted by Crippen LogP contribution is -2.43. The Hall–Kier alpha value is -5.91. The number of aromatic nitrogens is 2. The van der Waals surface area contributed by atoms with Crippen LogP contribution in [0.4, 0.5) is 17.1 Å². The summed E-state index contributed by atoms with van der Waals surface area (Å²) in [5.41, 5.74) is 13.5. The van der Waals surface area contributed by atoms with Crippen molar-refractivity contribution >= 4 is 50.7 Å². The average molecular weight is 816 g/mol. The lowest BCUT2D eigenvalue weighted by molar-refractivity contribution is -0.699. The first kappa shape index (κ1) is 43.2. The number of amides is 4. The maximum atomic E-state index is 13.6. The van der Waals surface area contributed by atoms with E-state index in [1.807, 2.05) is 33.7 Å². The molecule has 3 heterocycles. The van der Waals surface area contributed by atoms with Gasteiger partial charge in [0.1, 0.15) is 24.2 Å². The molecule has 58 heavy (non-hydrogen) atoms. The minimum absolute atomic E-state index is 0.000853. The number of nitrogens with two attached hydrogens (primary N) is 1. The molecule has 1 saturated heterocycles. The summed E-state index contributed by atoms with van der Waals surface area (Å²) in [6.07, 6.45) is 11.9. The highest BCUT2D eigenvalue weighted by atomic mass is 32.2. The third kappa shape index (κ3) is 12.8. The second kappa shape index (κ2) is 21.0. The van der Waals surface area contributed by atoms with E-state index in [9.17, 15) is 27.6 Å². The van der Waals surface area contributed by atoms with Crippen molar-refractivity contribution in [2.45, 2.75) is 63.9 Å². The van der Waals surface area contributed by atoms with E-state index >= 15 is 0 Å². The molecule has 0 bridgehead atoms. The molecule has 0 unspecified atom stereocenters. The van der Waals surface area contributed by atoms with Crippen LogP contribution in [0.1, 0.15) is 63.9 Å². The largest absolute Gasteiger partial charge is 0.379 e. The summed E-state index contributed by atoms with van der Waals surface area (Å²) in [5.74, 6) is -2.44. The van der Waals surface area contributed by atoms with Gasteiger partial charge in [-0.3, -0.25) is 39.7 Å². The van der Waals surface area contributed by atoms with E-state index in [2.05, 4.69) is 31.1 Å². The number of hydrogen-bond donors (Lipinski definition) is 6. The number of ether oxygens (including phenoxy) is 1. The van der Waals surface area contributed by atoms with E-state index in [0.29, 0.717) is 59.8 Å². The maximum Gasteiger partial charge on any atom is 0.327 e. The smallest absolute Gasteiger partial charge is 0.327 e. The predicted molar refractivity (Wildman–Crippen MR) is 218 cm³/mol. The van der Waals surface area contributed by atoms with Crippen LogP contribution in [0.2, 0.25) is 0 Å². The first-order valence-corrected chi connectivity index (χ1v) is 20.8. The lowest BCUT2D eigenvalue weighted by Gasteiger charge is -2.26. The molecule has 0 atom stereocenters. The van der Waals surface area contributed by atoms with Crippen molar-refractivity contribution in [2.24, 2.45) is 5.73 Å². The maximum absolute atomic E-state index is 13.6. The quantitative estimate of drug-likeness (QED) is 0.0355. The van der Waals surface area contributed by atoms with Gasteiger partial charge >= 0.3 is 11.8 Å². The molecule has 0 spiro atoms. The summed E-state index contributed by atoms with van der Waals surface area (Å²) in [6, 6.07) is 16.3. The SMILES string of the molecule is Cc1ccc(S(=O)(=O)Nc2ccc(NNC(=O)C(=O)NCCCN3CCOCC3)cc2)c(C)c1NC(=O)c1ccc[n+](CCCCCC[n+]2cccc(C(N)=O)c2)c1. The van der Waals surface area contributed by atoms with Crippen molar-refractivity contribution < 1.29 is 41.5 Å². The zero-order chi connectivity index (χ0) is 41.5. The Morgan fingerprint density at radius 2 is 1.40 bits per heavy atom. The van der Waals surface area contributed by atoms with Gasteiger partial charge in [-0.25, -0.2) is 17.6 Å². The molecule has 308 valence electrons. The molecule has 17 heteroatoms. The molecule has 0 radical (unpaired) electrons. The number of nitrogens with zero attached hydrogens (tertiary/aromatic N) is 3. The summed E-state index contributed by atoms with van der Waals surface area (Å²) in [4.78, 5) is 51.5. The van der Waals surface area contributed by atoms with Gasteiger partial charge < -0.3 is 21.1 Å². The average Bonchev–Trinajstić information content (AvgIpc) is 3.22. The van der Waals surface area contributed by atoms with Gasteiger partial charge in [-0.05, 0) is 93.2 Å². The fraction of sp³-hybridized carbons (Fsp3) is 0.366. The van der Waals surface area contributed by atoms with Gasteiger partial charge in [0.25, 0.3) is 21.8 Å². The van der Waals surface area contributed by atoms with Gasteiger partial charge in [0.05, 0.1) is 23.8 Å². The van der Waals surface area contributed by atoms with E-state index in [1.165, 1.54) is 18.2 Å². The number of hydrazine groups is 1. The van der Waals surface area contributed by atoms with Crippen LogP contribution in [0.15, 0.2) is 90.3 Å². The van der Waals surface area contributed by atoms with Crippen molar-refractivity contribution in [1.29, 1.82) is 0 Å². The first-order valence-electron chi connectivity index (χ1n) is 19.4. The van der Waals surface area contributed by atoms with Gasteiger partial charge in [0.15, 0.2) is 24.8 Å². The molecule has 0 aliphatic carbocycles. The number of carbonyl (C=O) groups excluding carboxylic acids is 4. The zero-order valence-corrected chi connectivity index (χ0v) is 33.8. The molecule has 1 fully saturated rings. The summed E-state index contributed by atoms with van der Waals surface area (Å²) in [7, 11) is -4.07. The Morgan fingerprint density at radius 3 is 2.05 bits per heavy atom. The van der Waals surface area contributed by atoms with E-state index in [0.717, 1.165) is 58.4 Å². The normalized spacial score (nSPS) is 13.0. The topological polar surface area (TPSA) is 209 Å². The molecule has 4 aromatic rings. The fourth-order valence-corrected chi connectivity index (χ4v) is 7.78. The number of unbranched alkanes of at least 4 members (excludes halogenated alkanes) is 3. The highest BCUT2D eigenvalue weighted by molar-refractivity contribution is 7.92. The molecule has 16 nitrogen and oxygen atoms in total. The number of sulfonamides is 1. The van der Waals surface area contributed by atoms with Crippen LogP contribution in [0, 0.1) is 13.8 Å². The second-order valence-electron chi connectivity index (χ2n) is 14.1. The summed E-state index contributed by atoms with van der Waals surface area (Å²) >= 11 is 0. The van der Waals surface area contributed by atoms with Gasteiger partial charge in [-0.1, -0.05) is 6.07 Å². The molecule has 5 rings (SSSR count). The van der Waals surface area contributed by atoms with Crippen LogP contribution in [-0.2, 0) is 37.4 Å². The second-order valence-corrected chi connectivity index (χ2v) is 15.8. The molecule has 1 aliphatic heterocycles. The van der Waals surface area contributed by atoms with Crippen molar-refractivity contribution in [3.63, 3.8) is 0 Å². The minimum Gasteiger partial charge on any atom is -0.379 e. The molecule has 2 aromatic heterocycles. The Kier molecular flexibility index (Phi) is 15.7. The van der Waals surface area contributed by atoms with Gasteiger partial charge in [-0.2, -0.15) is 0 Å². The first-order chi connectivity index (χ1) is 27.9. The van der Waals surface area contributed by atoms with Crippen LogP contribution >= 0.6 is 0 Å². The van der Waals surface area contributed by atoms with Crippen molar-refractivity contribution in [2.75, 3.05) is 54.9 Å². The number of primary amides is 1. The number of carbonyl (C=O) groups is 4. The number of aryl methyl sites for hydroxylation is 3. The van der Waals surface area contributed by atoms with Gasteiger partial charge in [-0.15, -0.1) is 0 Å². The monoisotopic (exact) mass is 815 g/mol. The van der Waals surface area contributed by atoms with Gasteiger partial charge in [0.2, 0.25) is 0 Å². The van der Waals surface area contributed by atoms with E-state index in [-0.39, 0.29) is 16.5 Å². The fourth-order valence-electron chi connectivity index (χ4n) is 6.47. The minimum atomic E-state index is -4.07. The number of anilines is 3.